The zero-order valence-electron chi connectivity index (χ0n) is 40.5. The van der Waals surface area contributed by atoms with Crippen LogP contribution in [-0.2, 0) is 33.4 Å². The van der Waals surface area contributed by atoms with Gasteiger partial charge in [-0.3, -0.25) is 19.2 Å². The zero-order chi connectivity index (χ0) is 47.3. The molecule has 2 amide bonds. The van der Waals surface area contributed by atoms with Crippen molar-refractivity contribution in [2.75, 3.05) is 30.0 Å². The molecule has 0 radical (unpaired) electrons. The quantitative estimate of drug-likeness (QED) is 0.0306. The third-order valence-corrected chi connectivity index (χ3v) is 13.2. The van der Waals surface area contributed by atoms with Crippen molar-refractivity contribution < 1.29 is 48.7 Å². The topological polar surface area (TPSA) is 211 Å². The van der Waals surface area contributed by atoms with Gasteiger partial charge in [0.1, 0.15) is 37.1 Å². The SMILES string of the molecule is CCCCCCCCCCCC(=O)NC(CSCC(COC(=O)CCCCCCCCCCC)OC(=O)CCCCCCCCCCC)C(=O)Nc1cn([C@H]2OC(CO)[C@@H](O)[C@@H]2O)nn1. The smallest absolute Gasteiger partial charge is 0.306 e. The molecule has 1 fully saturated rings. The monoisotopic (exact) mass is 940 g/mol. The number of nitrogens with one attached hydrogen (secondary N) is 2. The molecule has 1 aliphatic rings. The fourth-order valence-electron chi connectivity index (χ4n) is 7.91. The lowest BCUT2D eigenvalue weighted by Crippen LogP contribution is -2.45. The number of thioether (sulfide) groups is 1. The summed E-state index contributed by atoms with van der Waals surface area (Å²) < 4.78 is 18.2. The first-order chi connectivity index (χ1) is 31.6. The Labute approximate surface area is 395 Å². The van der Waals surface area contributed by atoms with Crippen molar-refractivity contribution in [1.29, 1.82) is 0 Å². The van der Waals surface area contributed by atoms with Crippen LogP contribution in [0.1, 0.15) is 220 Å². The van der Waals surface area contributed by atoms with E-state index in [0.717, 1.165) is 68.9 Å². The number of aromatic nitrogens is 3. The van der Waals surface area contributed by atoms with Gasteiger partial charge < -0.3 is 40.2 Å². The molecule has 376 valence electrons. The summed E-state index contributed by atoms with van der Waals surface area (Å²) in [5.41, 5.74) is 0. The molecule has 3 unspecified atom stereocenters. The fraction of sp³-hybridized carbons (Fsp3) is 0.878. The highest BCUT2D eigenvalue weighted by molar-refractivity contribution is 7.99. The summed E-state index contributed by atoms with van der Waals surface area (Å²) in [4.78, 5) is 52.8. The van der Waals surface area contributed by atoms with Gasteiger partial charge in [0.15, 0.2) is 12.0 Å². The normalized spacial score (nSPS) is 18.1. The van der Waals surface area contributed by atoms with Crippen LogP contribution < -0.4 is 10.6 Å². The van der Waals surface area contributed by atoms with E-state index >= 15 is 0 Å². The fourth-order valence-corrected chi connectivity index (χ4v) is 8.95. The average Bonchev–Trinajstić information content (AvgIpc) is 3.87. The van der Waals surface area contributed by atoms with Gasteiger partial charge in [-0.1, -0.05) is 180 Å². The molecule has 0 bridgehead atoms. The summed E-state index contributed by atoms with van der Waals surface area (Å²) in [5, 5.41) is 43.6. The maximum absolute atomic E-state index is 13.7. The molecule has 6 atom stereocenters. The van der Waals surface area contributed by atoms with Crippen molar-refractivity contribution in [2.24, 2.45) is 0 Å². The van der Waals surface area contributed by atoms with E-state index in [1.54, 1.807) is 0 Å². The van der Waals surface area contributed by atoms with E-state index in [0.29, 0.717) is 12.8 Å². The van der Waals surface area contributed by atoms with Crippen LogP contribution in [0.2, 0.25) is 0 Å². The number of hydrogen-bond acceptors (Lipinski definition) is 13. The number of aliphatic hydroxyl groups excluding tert-OH is 3. The van der Waals surface area contributed by atoms with Gasteiger partial charge in [0.25, 0.3) is 0 Å². The Balaban J connectivity index is 2.02. The Bertz CT molecular complexity index is 1390. The van der Waals surface area contributed by atoms with Gasteiger partial charge in [0.2, 0.25) is 11.8 Å². The van der Waals surface area contributed by atoms with Gasteiger partial charge in [0, 0.05) is 30.8 Å². The predicted molar refractivity (Wildman–Crippen MR) is 257 cm³/mol. The summed E-state index contributed by atoms with van der Waals surface area (Å²) in [6.07, 6.45) is 26.9. The minimum atomic E-state index is -1.39. The standard InChI is InChI=1S/C49H89N5O10S/c1-4-7-10-13-16-19-22-25-28-31-43(56)50-40(48(61)51-42-34-54(53-52-42)49-47(60)46(59)41(35-55)64-49)38-65-37-39(63-45(58)33-30-27-24-21-18-15-12-9-6-3)36-62-44(57)32-29-26-23-20-17-14-11-8-5-2/h34,39-41,46-47,49,55,59-60H,4-33,35-38H2,1-3H3,(H,50,56)(H,51,61)/t39?,40?,41?,46-,47+,49+/m1/s1. The Morgan fingerprint density at radius 3 is 1.65 bits per heavy atom. The molecule has 16 heteroatoms. The molecule has 0 aliphatic carbocycles. The van der Waals surface area contributed by atoms with Gasteiger partial charge in [-0.05, 0) is 19.3 Å². The number of amides is 2. The molecule has 1 aliphatic heterocycles. The van der Waals surface area contributed by atoms with Crippen LogP contribution in [-0.4, -0.2) is 109 Å². The van der Waals surface area contributed by atoms with Crippen LogP contribution in [0.5, 0.6) is 0 Å². The number of nitrogens with zero attached hydrogens (tertiary/aromatic N) is 3. The first-order valence-corrected chi connectivity index (χ1v) is 26.9. The molecule has 0 spiro atoms. The molecule has 1 aromatic heterocycles. The van der Waals surface area contributed by atoms with E-state index < -0.39 is 49.2 Å². The van der Waals surface area contributed by atoms with Gasteiger partial charge in [-0.2, -0.15) is 11.8 Å². The largest absolute Gasteiger partial charge is 0.462 e. The molecular formula is C49H89N5O10S. The first kappa shape index (κ1) is 58.3. The average molecular weight is 940 g/mol. The summed E-state index contributed by atoms with van der Waals surface area (Å²) in [7, 11) is 0. The second-order valence-corrected chi connectivity index (χ2v) is 19.1. The van der Waals surface area contributed by atoms with Gasteiger partial charge in [-0.25, -0.2) is 4.68 Å². The Morgan fingerprint density at radius 1 is 0.677 bits per heavy atom. The number of hydrogen-bond donors (Lipinski definition) is 5. The van der Waals surface area contributed by atoms with Crippen molar-refractivity contribution in [1.82, 2.24) is 20.3 Å². The number of ether oxygens (including phenoxy) is 3. The van der Waals surface area contributed by atoms with E-state index in [-0.39, 0.29) is 54.6 Å². The van der Waals surface area contributed by atoms with Crippen molar-refractivity contribution in [3.05, 3.63) is 6.20 Å². The van der Waals surface area contributed by atoms with Crippen molar-refractivity contribution >= 4 is 41.3 Å². The van der Waals surface area contributed by atoms with E-state index in [4.69, 9.17) is 14.2 Å². The molecule has 2 rings (SSSR count). The minimum Gasteiger partial charge on any atom is -0.462 e. The molecule has 65 heavy (non-hydrogen) atoms. The summed E-state index contributed by atoms with van der Waals surface area (Å²) in [6, 6.07) is -1.00. The second-order valence-electron chi connectivity index (χ2n) is 18.0. The highest BCUT2D eigenvalue weighted by atomic mass is 32.2. The maximum Gasteiger partial charge on any atom is 0.306 e. The molecular weight excluding hydrogens is 851 g/mol. The minimum absolute atomic E-state index is 0.0260. The lowest BCUT2D eigenvalue weighted by atomic mass is 10.1. The Hall–Kier alpha value is -2.79. The third kappa shape index (κ3) is 27.6. The number of aliphatic hydroxyl groups is 3. The number of unbranched alkanes of at least 4 members (excludes halogenated alkanes) is 24. The zero-order valence-corrected chi connectivity index (χ0v) is 41.3. The first-order valence-electron chi connectivity index (χ1n) is 25.7. The molecule has 2 heterocycles. The summed E-state index contributed by atoms with van der Waals surface area (Å²) >= 11 is 1.30. The van der Waals surface area contributed by atoms with Gasteiger partial charge in [0.05, 0.1) is 12.8 Å². The number of carbonyl (C=O) groups is 4. The van der Waals surface area contributed by atoms with Crippen LogP contribution in [0.4, 0.5) is 5.82 Å². The second kappa shape index (κ2) is 38.2. The molecule has 1 aromatic rings. The Kier molecular flexibility index (Phi) is 34.3. The number of rotatable bonds is 42. The number of carbonyl (C=O) groups excluding carboxylic acids is 4. The summed E-state index contributed by atoms with van der Waals surface area (Å²) in [5.74, 6) is -1.13. The van der Waals surface area contributed by atoms with E-state index in [1.165, 1.54) is 121 Å². The van der Waals surface area contributed by atoms with Gasteiger partial charge in [-0.15, -0.1) is 5.10 Å². The molecule has 0 saturated carbocycles. The molecule has 0 aromatic carbocycles. The third-order valence-electron chi connectivity index (χ3n) is 12.0. The highest BCUT2D eigenvalue weighted by Gasteiger charge is 2.44. The van der Waals surface area contributed by atoms with Crippen LogP contribution in [0.15, 0.2) is 6.20 Å². The van der Waals surface area contributed by atoms with Gasteiger partial charge >= 0.3 is 11.9 Å². The highest BCUT2D eigenvalue weighted by Crippen LogP contribution is 2.29. The maximum atomic E-state index is 13.7. The number of esters is 2. The van der Waals surface area contributed by atoms with Crippen LogP contribution in [0.25, 0.3) is 0 Å². The Morgan fingerprint density at radius 2 is 1.15 bits per heavy atom. The number of anilines is 1. The lowest BCUT2D eigenvalue weighted by molar-refractivity contribution is -0.157. The van der Waals surface area contributed by atoms with Crippen molar-refractivity contribution in [3.8, 4) is 0 Å². The van der Waals surface area contributed by atoms with E-state index in [9.17, 15) is 34.5 Å². The molecule has 15 nitrogen and oxygen atoms in total. The molecule has 1 saturated heterocycles. The predicted octanol–water partition coefficient (Wildman–Crippen LogP) is 9.26. The van der Waals surface area contributed by atoms with Crippen LogP contribution >= 0.6 is 11.8 Å². The van der Waals surface area contributed by atoms with E-state index in [2.05, 4.69) is 41.7 Å². The molecule has 5 N–H and O–H groups in total. The van der Waals surface area contributed by atoms with E-state index in [1.807, 2.05) is 0 Å². The van der Waals surface area contributed by atoms with Crippen LogP contribution in [0, 0.1) is 0 Å². The van der Waals surface area contributed by atoms with Crippen molar-refractivity contribution in [2.45, 2.75) is 250 Å². The lowest BCUT2D eigenvalue weighted by Gasteiger charge is -2.21. The van der Waals surface area contributed by atoms with Crippen LogP contribution in [0.3, 0.4) is 0 Å². The summed E-state index contributed by atoms with van der Waals surface area (Å²) in [6.45, 7) is 6.02. The van der Waals surface area contributed by atoms with Crippen molar-refractivity contribution in [3.63, 3.8) is 0 Å².